The van der Waals surface area contributed by atoms with Crippen LogP contribution in [-0.4, -0.2) is 21.4 Å². The maximum atomic E-state index is 13.8. The van der Waals surface area contributed by atoms with Crippen molar-refractivity contribution in [3.8, 4) is 0 Å². The summed E-state index contributed by atoms with van der Waals surface area (Å²) in [5.74, 6) is -2.69. The fourth-order valence-electron chi connectivity index (χ4n) is 2.81. The van der Waals surface area contributed by atoms with Crippen LogP contribution in [-0.2, 0) is 10.0 Å². The molecule has 3 aromatic carbocycles. The summed E-state index contributed by atoms with van der Waals surface area (Å²) in [6.45, 7) is 1.79. The first-order valence-electron chi connectivity index (χ1n) is 8.62. The Morgan fingerprint density at radius 1 is 0.931 bits per heavy atom. The van der Waals surface area contributed by atoms with E-state index in [0.29, 0.717) is 5.69 Å². The molecule has 3 aromatic rings. The highest BCUT2D eigenvalue weighted by molar-refractivity contribution is 7.92. The van der Waals surface area contributed by atoms with Crippen LogP contribution in [0.1, 0.15) is 15.9 Å². The van der Waals surface area contributed by atoms with Gasteiger partial charge >= 0.3 is 0 Å². The number of carbonyl (C=O) groups excluding carboxylic acids is 1. The zero-order chi connectivity index (χ0) is 21.2. The molecule has 0 unspecified atom stereocenters. The number of nitrogens with zero attached hydrogens (tertiary/aromatic N) is 1. The Labute approximate surface area is 167 Å². The summed E-state index contributed by atoms with van der Waals surface area (Å²) < 4.78 is 54.7. The van der Waals surface area contributed by atoms with Gasteiger partial charge in [-0.15, -0.1) is 0 Å². The normalized spacial score (nSPS) is 11.2. The molecular weight excluding hydrogens is 398 g/mol. The standard InChI is InChI=1S/C21H18F2N2O3S/c1-14-7-3-4-12-19(14)25(2)29(27,28)16-9-5-8-15(13-16)21(26)24-20-17(22)10-6-11-18(20)23/h3-13H,1-2H3,(H,24,26). The fraction of sp³-hybridized carbons (Fsp3) is 0.0952. The molecule has 1 N–H and O–H groups in total. The third-order valence-corrected chi connectivity index (χ3v) is 6.18. The average molecular weight is 416 g/mol. The molecule has 0 saturated heterocycles. The predicted molar refractivity (Wildman–Crippen MR) is 108 cm³/mol. The van der Waals surface area contributed by atoms with E-state index in [9.17, 15) is 22.0 Å². The third-order valence-electron chi connectivity index (χ3n) is 4.41. The lowest BCUT2D eigenvalue weighted by atomic mass is 10.2. The predicted octanol–water partition coefficient (Wildman–Crippen LogP) is 4.35. The van der Waals surface area contributed by atoms with Gasteiger partial charge in [0.2, 0.25) is 0 Å². The lowest BCUT2D eigenvalue weighted by Crippen LogP contribution is -2.27. The third kappa shape index (κ3) is 4.12. The average Bonchev–Trinajstić information content (AvgIpc) is 2.70. The van der Waals surface area contributed by atoms with Gasteiger partial charge < -0.3 is 5.32 Å². The number of para-hydroxylation sites is 2. The van der Waals surface area contributed by atoms with E-state index >= 15 is 0 Å². The second-order valence-corrected chi connectivity index (χ2v) is 8.31. The summed E-state index contributed by atoms with van der Waals surface area (Å²) >= 11 is 0. The Hall–Kier alpha value is -3.26. The Kier molecular flexibility index (Phi) is 5.65. The molecule has 29 heavy (non-hydrogen) atoms. The first-order valence-corrected chi connectivity index (χ1v) is 10.1. The van der Waals surface area contributed by atoms with Gasteiger partial charge in [0.25, 0.3) is 15.9 Å². The molecule has 0 spiro atoms. The molecule has 0 heterocycles. The molecule has 0 fully saturated rings. The highest BCUT2D eigenvalue weighted by atomic mass is 32.2. The van der Waals surface area contributed by atoms with Gasteiger partial charge in [0.1, 0.15) is 17.3 Å². The van der Waals surface area contributed by atoms with Crippen molar-refractivity contribution < 1.29 is 22.0 Å². The van der Waals surface area contributed by atoms with Crippen LogP contribution >= 0.6 is 0 Å². The number of rotatable bonds is 5. The topological polar surface area (TPSA) is 66.5 Å². The van der Waals surface area contributed by atoms with Gasteiger partial charge in [-0.3, -0.25) is 9.10 Å². The molecule has 1 amide bonds. The number of amides is 1. The van der Waals surface area contributed by atoms with Crippen LogP contribution in [0, 0.1) is 18.6 Å². The number of aryl methyl sites for hydroxylation is 1. The van der Waals surface area contributed by atoms with Crippen LogP contribution in [0.3, 0.4) is 0 Å². The first-order chi connectivity index (χ1) is 13.7. The molecule has 0 bridgehead atoms. The first kappa shape index (κ1) is 20.5. The summed E-state index contributed by atoms with van der Waals surface area (Å²) in [6, 6.07) is 15.4. The van der Waals surface area contributed by atoms with Gasteiger partial charge in [0.05, 0.1) is 10.6 Å². The van der Waals surface area contributed by atoms with Gasteiger partial charge in [0.15, 0.2) is 0 Å². The Balaban J connectivity index is 1.93. The zero-order valence-corrected chi connectivity index (χ0v) is 16.5. The highest BCUT2D eigenvalue weighted by Gasteiger charge is 2.24. The summed E-state index contributed by atoms with van der Waals surface area (Å²) in [5.41, 5.74) is 0.619. The van der Waals surface area contributed by atoms with Crippen molar-refractivity contribution in [2.75, 3.05) is 16.7 Å². The molecular formula is C21H18F2N2O3S. The van der Waals surface area contributed by atoms with Crippen molar-refractivity contribution in [1.82, 2.24) is 0 Å². The molecule has 5 nitrogen and oxygen atoms in total. The highest BCUT2D eigenvalue weighted by Crippen LogP contribution is 2.26. The van der Waals surface area contributed by atoms with E-state index in [0.717, 1.165) is 28.1 Å². The molecule has 8 heteroatoms. The summed E-state index contributed by atoms with van der Waals surface area (Å²) in [6.07, 6.45) is 0. The Bertz CT molecular complexity index is 1160. The quantitative estimate of drug-likeness (QED) is 0.672. The van der Waals surface area contributed by atoms with Crippen molar-refractivity contribution in [1.29, 1.82) is 0 Å². The molecule has 150 valence electrons. The smallest absolute Gasteiger partial charge is 0.264 e. The number of anilines is 2. The molecule has 0 aromatic heterocycles. The Morgan fingerprint density at radius 2 is 1.55 bits per heavy atom. The van der Waals surface area contributed by atoms with Gasteiger partial charge in [-0.25, -0.2) is 17.2 Å². The number of sulfonamides is 1. The molecule has 0 saturated carbocycles. The minimum absolute atomic E-state index is 0.0492. The van der Waals surface area contributed by atoms with Crippen molar-refractivity contribution in [3.63, 3.8) is 0 Å². The van der Waals surface area contributed by atoms with E-state index in [4.69, 9.17) is 0 Å². The Morgan fingerprint density at radius 3 is 2.21 bits per heavy atom. The van der Waals surface area contributed by atoms with Crippen LogP contribution in [0.2, 0.25) is 0 Å². The van der Waals surface area contributed by atoms with Crippen molar-refractivity contribution in [3.05, 3.63) is 89.5 Å². The summed E-state index contributed by atoms with van der Waals surface area (Å²) in [5, 5.41) is 2.15. The minimum Gasteiger partial charge on any atom is -0.317 e. The van der Waals surface area contributed by atoms with E-state index in [2.05, 4.69) is 5.32 Å². The number of halogens is 2. The van der Waals surface area contributed by atoms with Gasteiger partial charge in [-0.2, -0.15) is 0 Å². The van der Waals surface area contributed by atoms with Crippen molar-refractivity contribution in [2.24, 2.45) is 0 Å². The zero-order valence-electron chi connectivity index (χ0n) is 15.7. The number of nitrogens with one attached hydrogen (secondary N) is 1. The van der Waals surface area contributed by atoms with Crippen LogP contribution in [0.25, 0.3) is 0 Å². The SMILES string of the molecule is Cc1ccccc1N(C)S(=O)(=O)c1cccc(C(=O)Nc2c(F)cccc2F)c1. The van der Waals surface area contributed by atoms with Crippen LogP contribution in [0.4, 0.5) is 20.2 Å². The van der Waals surface area contributed by atoms with Crippen LogP contribution in [0.5, 0.6) is 0 Å². The maximum absolute atomic E-state index is 13.8. The van der Waals surface area contributed by atoms with Gasteiger partial charge in [-0.05, 0) is 48.9 Å². The van der Waals surface area contributed by atoms with E-state index in [1.165, 1.54) is 31.3 Å². The van der Waals surface area contributed by atoms with Gasteiger partial charge in [0, 0.05) is 12.6 Å². The summed E-state index contributed by atoms with van der Waals surface area (Å²) in [7, 11) is -2.54. The van der Waals surface area contributed by atoms with Crippen molar-refractivity contribution >= 4 is 27.3 Å². The number of hydrogen-bond acceptors (Lipinski definition) is 3. The fourth-order valence-corrected chi connectivity index (χ4v) is 4.11. The summed E-state index contributed by atoms with van der Waals surface area (Å²) in [4.78, 5) is 12.3. The van der Waals surface area contributed by atoms with Crippen LogP contribution in [0.15, 0.2) is 71.6 Å². The largest absolute Gasteiger partial charge is 0.317 e. The number of carbonyl (C=O) groups is 1. The number of hydrogen-bond donors (Lipinski definition) is 1. The lowest BCUT2D eigenvalue weighted by Gasteiger charge is -2.21. The van der Waals surface area contributed by atoms with E-state index in [1.54, 1.807) is 31.2 Å². The molecule has 0 aliphatic rings. The lowest BCUT2D eigenvalue weighted by molar-refractivity contribution is 0.102. The molecule has 0 aliphatic carbocycles. The van der Waals surface area contributed by atoms with Crippen molar-refractivity contribution in [2.45, 2.75) is 11.8 Å². The van der Waals surface area contributed by atoms with E-state index in [-0.39, 0.29) is 10.5 Å². The molecule has 0 aliphatic heterocycles. The van der Waals surface area contributed by atoms with E-state index < -0.39 is 33.3 Å². The van der Waals surface area contributed by atoms with Gasteiger partial charge in [-0.1, -0.05) is 30.3 Å². The molecule has 3 rings (SSSR count). The second-order valence-electron chi connectivity index (χ2n) is 6.34. The second kappa shape index (κ2) is 8.00. The molecule has 0 atom stereocenters. The minimum atomic E-state index is -3.95. The van der Waals surface area contributed by atoms with Crippen LogP contribution < -0.4 is 9.62 Å². The monoisotopic (exact) mass is 416 g/mol. The van der Waals surface area contributed by atoms with E-state index in [1.807, 2.05) is 0 Å². The number of benzene rings is 3. The molecule has 0 radical (unpaired) electrons. The maximum Gasteiger partial charge on any atom is 0.264 e.